The highest BCUT2D eigenvalue weighted by atomic mass is 127. The zero-order chi connectivity index (χ0) is 9.84. The third-order valence-electron chi connectivity index (χ3n) is 1.62. The summed E-state index contributed by atoms with van der Waals surface area (Å²) >= 11 is 1.97. The second-order valence-corrected chi connectivity index (χ2v) is 3.63. The van der Waals surface area contributed by atoms with E-state index in [1.165, 1.54) is 0 Å². The Hall–Kier alpha value is -0.830. The van der Waals surface area contributed by atoms with Crippen molar-refractivity contribution in [2.45, 2.75) is 20.4 Å². The molecule has 0 amide bonds. The molecule has 0 saturated heterocycles. The summed E-state index contributed by atoms with van der Waals surface area (Å²) in [6, 6.07) is 0. The van der Waals surface area contributed by atoms with E-state index in [0.29, 0.717) is 15.9 Å². The van der Waals surface area contributed by atoms with E-state index in [-0.39, 0.29) is 5.56 Å². The molecule has 1 heterocycles. The predicted octanol–water partition coefficient (Wildman–Crippen LogP) is 1.18. The van der Waals surface area contributed by atoms with Crippen molar-refractivity contribution in [3.63, 3.8) is 0 Å². The molecule has 1 aromatic rings. The van der Waals surface area contributed by atoms with Gasteiger partial charge in [0.15, 0.2) is 0 Å². The number of aromatic nitrogens is 2. The van der Waals surface area contributed by atoms with Crippen LogP contribution in [0.3, 0.4) is 0 Å². The summed E-state index contributed by atoms with van der Waals surface area (Å²) in [7, 11) is 0. The van der Waals surface area contributed by atoms with Crippen LogP contribution in [-0.4, -0.2) is 9.55 Å². The van der Waals surface area contributed by atoms with Gasteiger partial charge in [0.1, 0.15) is 5.82 Å². The molecule has 1 rings (SSSR count). The van der Waals surface area contributed by atoms with Crippen molar-refractivity contribution in [3.05, 3.63) is 25.9 Å². The number of nitrogens with zero attached hydrogens (tertiary/aromatic N) is 2. The Morgan fingerprint density at radius 1 is 1.69 bits per heavy atom. The van der Waals surface area contributed by atoms with Crippen LogP contribution in [0.1, 0.15) is 12.7 Å². The third-order valence-corrected chi connectivity index (χ3v) is 2.36. The molecule has 13 heavy (non-hydrogen) atoms. The van der Waals surface area contributed by atoms with Gasteiger partial charge in [-0.25, -0.2) is 4.98 Å². The SMILES string of the molecule is CC#CCn1c(C)ncc(I)c1=O. The smallest absolute Gasteiger partial charge is 0.267 e. The van der Waals surface area contributed by atoms with Crippen LogP contribution in [0.25, 0.3) is 0 Å². The molecule has 3 nitrogen and oxygen atoms in total. The maximum Gasteiger partial charge on any atom is 0.267 e. The van der Waals surface area contributed by atoms with E-state index in [1.807, 2.05) is 22.6 Å². The van der Waals surface area contributed by atoms with Crippen molar-refractivity contribution in [1.82, 2.24) is 9.55 Å². The van der Waals surface area contributed by atoms with E-state index in [4.69, 9.17) is 0 Å². The van der Waals surface area contributed by atoms with Crippen LogP contribution in [0, 0.1) is 22.3 Å². The van der Waals surface area contributed by atoms with Crippen LogP contribution in [0.4, 0.5) is 0 Å². The molecule has 0 spiro atoms. The van der Waals surface area contributed by atoms with Crippen molar-refractivity contribution in [2.75, 3.05) is 0 Å². The van der Waals surface area contributed by atoms with Gasteiger partial charge in [-0.15, -0.1) is 5.92 Å². The third kappa shape index (κ3) is 2.31. The summed E-state index contributed by atoms with van der Waals surface area (Å²) in [5, 5.41) is 0. The molecule has 0 N–H and O–H groups in total. The van der Waals surface area contributed by atoms with Crippen LogP contribution in [-0.2, 0) is 6.54 Å². The topological polar surface area (TPSA) is 34.9 Å². The number of aryl methyl sites for hydroxylation is 1. The quantitative estimate of drug-likeness (QED) is 0.574. The summed E-state index contributed by atoms with van der Waals surface area (Å²) in [5.74, 6) is 6.30. The van der Waals surface area contributed by atoms with E-state index in [2.05, 4.69) is 16.8 Å². The summed E-state index contributed by atoms with van der Waals surface area (Å²) in [5.41, 5.74) is -0.0177. The zero-order valence-corrected chi connectivity index (χ0v) is 9.62. The van der Waals surface area contributed by atoms with Gasteiger partial charge in [-0.2, -0.15) is 0 Å². The van der Waals surface area contributed by atoms with Gasteiger partial charge < -0.3 is 0 Å². The monoisotopic (exact) mass is 288 g/mol. The van der Waals surface area contributed by atoms with Crippen molar-refractivity contribution in [2.24, 2.45) is 0 Å². The molecule has 0 bridgehead atoms. The summed E-state index contributed by atoms with van der Waals surface area (Å²) in [4.78, 5) is 15.6. The van der Waals surface area contributed by atoms with Crippen LogP contribution in [0.15, 0.2) is 11.0 Å². The first-order valence-electron chi connectivity index (χ1n) is 3.78. The summed E-state index contributed by atoms with van der Waals surface area (Å²) in [6.07, 6.45) is 1.58. The Morgan fingerprint density at radius 2 is 2.38 bits per heavy atom. The fraction of sp³-hybridized carbons (Fsp3) is 0.333. The van der Waals surface area contributed by atoms with Gasteiger partial charge in [0.2, 0.25) is 0 Å². The van der Waals surface area contributed by atoms with E-state index in [1.54, 1.807) is 24.6 Å². The largest absolute Gasteiger partial charge is 0.284 e. The number of halogens is 1. The van der Waals surface area contributed by atoms with E-state index >= 15 is 0 Å². The molecule has 0 atom stereocenters. The Bertz CT molecular complexity index is 425. The van der Waals surface area contributed by atoms with Gasteiger partial charge >= 0.3 is 0 Å². The lowest BCUT2D eigenvalue weighted by Gasteiger charge is -2.04. The predicted molar refractivity (Wildman–Crippen MR) is 59.4 cm³/mol. The van der Waals surface area contributed by atoms with Crippen molar-refractivity contribution in [1.29, 1.82) is 0 Å². The molecule has 0 aliphatic carbocycles. The first-order valence-corrected chi connectivity index (χ1v) is 4.86. The highest BCUT2D eigenvalue weighted by molar-refractivity contribution is 14.1. The average Bonchev–Trinajstić information content (AvgIpc) is 2.12. The van der Waals surface area contributed by atoms with Crippen LogP contribution < -0.4 is 5.56 Å². The van der Waals surface area contributed by atoms with Crippen molar-refractivity contribution in [3.8, 4) is 11.8 Å². The van der Waals surface area contributed by atoms with Gasteiger partial charge in [0.05, 0.1) is 10.1 Å². The van der Waals surface area contributed by atoms with E-state index < -0.39 is 0 Å². The maximum atomic E-state index is 11.5. The van der Waals surface area contributed by atoms with Gasteiger partial charge in [-0.05, 0) is 36.4 Å². The van der Waals surface area contributed by atoms with Gasteiger partial charge in [0, 0.05) is 6.20 Å². The number of hydrogen-bond acceptors (Lipinski definition) is 2. The molecule has 4 heteroatoms. The lowest BCUT2D eigenvalue weighted by Crippen LogP contribution is -2.25. The fourth-order valence-corrected chi connectivity index (χ4v) is 1.33. The number of rotatable bonds is 1. The van der Waals surface area contributed by atoms with Crippen molar-refractivity contribution < 1.29 is 0 Å². The first kappa shape index (κ1) is 10.3. The lowest BCUT2D eigenvalue weighted by atomic mass is 10.5. The van der Waals surface area contributed by atoms with Crippen LogP contribution >= 0.6 is 22.6 Å². The zero-order valence-electron chi connectivity index (χ0n) is 7.47. The molecule has 68 valence electrons. The second-order valence-electron chi connectivity index (χ2n) is 2.47. The lowest BCUT2D eigenvalue weighted by molar-refractivity contribution is 0.721. The molecule has 1 aromatic heterocycles. The van der Waals surface area contributed by atoms with Gasteiger partial charge in [-0.3, -0.25) is 9.36 Å². The molecule has 0 saturated carbocycles. The van der Waals surface area contributed by atoms with Crippen LogP contribution in [0.2, 0.25) is 0 Å². The van der Waals surface area contributed by atoms with Gasteiger partial charge in [0.25, 0.3) is 5.56 Å². The first-order chi connectivity index (χ1) is 6.16. The summed E-state index contributed by atoms with van der Waals surface area (Å²) in [6.45, 7) is 3.97. The molecular formula is C9H9IN2O. The van der Waals surface area contributed by atoms with E-state index in [0.717, 1.165) is 0 Å². The fourth-order valence-electron chi connectivity index (χ4n) is 0.895. The molecule has 0 aliphatic heterocycles. The Kier molecular flexibility index (Phi) is 3.48. The Morgan fingerprint density at radius 3 is 3.00 bits per heavy atom. The average molecular weight is 288 g/mol. The Balaban J connectivity index is 3.23. The molecular weight excluding hydrogens is 279 g/mol. The highest BCUT2D eigenvalue weighted by Crippen LogP contribution is 1.96. The molecule has 0 unspecified atom stereocenters. The maximum absolute atomic E-state index is 11.5. The summed E-state index contributed by atoms with van der Waals surface area (Å²) < 4.78 is 2.19. The van der Waals surface area contributed by atoms with E-state index in [9.17, 15) is 4.79 Å². The normalized spacial score (nSPS) is 9.15. The Labute approximate surface area is 90.3 Å². The minimum Gasteiger partial charge on any atom is -0.284 e. The van der Waals surface area contributed by atoms with Gasteiger partial charge in [-0.1, -0.05) is 5.92 Å². The van der Waals surface area contributed by atoms with Crippen molar-refractivity contribution >= 4 is 22.6 Å². The standard InChI is InChI=1S/C9H9IN2O/c1-3-4-5-12-7(2)11-6-8(10)9(12)13/h6H,5H2,1-2H3. The minimum absolute atomic E-state index is 0.0177. The molecule has 0 fully saturated rings. The highest BCUT2D eigenvalue weighted by Gasteiger charge is 2.02. The molecule has 0 aromatic carbocycles. The van der Waals surface area contributed by atoms with Crippen LogP contribution in [0.5, 0.6) is 0 Å². The molecule has 0 aliphatic rings. The molecule has 0 radical (unpaired) electrons. The second kappa shape index (κ2) is 4.42. The number of hydrogen-bond donors (Lipinski definition) is 0. The minimum atomic E-state index is -0.0177.